The summed E-state index contributed by atoms with van der Waals surface area (Å²) in [6, 6.07) is 0. The molecule has 1 aliphatic heterocycles. The molecule has 1 aliphatic rings. The van der Waals surface area contributed by atoms with E-state index in [1.54, 1.807) is 0 Å². The van der Waals surface area contributed by atoms with Crippen LogP contribution in [0.5, 0.6) is 0 Å². The molecule has 0 aromatic rings. The normalized spacial score (nSPS) is 26.9. The molecule has 0 aromatic heterocycles. The molecule has 132 valence electrons. The van der Waals surface area contributed by atoms with Crippen molar-refractivity contribution in [3.63, 3.8) is 0 Å². The molecule has 6 nitrogen and oxygen atoms in total. The topological polar surface area (TPSA) is 82.9 Å². The van der Waals surface area contributed by atoms with Crippen LogP contribution in [0, 0.1) is 0 Å². The lowest BCUT2D eigenvalue weighted by molar-refractivity contribution is -0.139. The highest BCUT2D eigenvalue weighted by atomic mass is 16.2. The molecule has 0 saturated carbocycles. The molecule has 23 heavy (non-hydrogen) atoms. The summed E-state index contributed by atoms with van der Waals surface area (Å²) >= 11 is 0. The number of carbonyl (C=O) groups is 2. The zero-order valence-electron chi connectivity index (χ0n) is 15.1. The second kappa shape index (κ2) is 8.99. The molecular weight excluding hydrogens is 292 g/mol. The maximum Gasteiger partial charge on any atom is 0.269 e. The summed E-state index contributed by atoms with van der Waals surface area (Å²) in [5.74, 6) is -0.329. The Labute approximate surface area is 139 Å². The van der Waals surface area contributed by atoms with Crippen molar-refractivity contribution in [1.82, 2.24) is 10.7 Å². The number of nitrogens with one attached hydrogen (secondary N) is 2. The number of hydrogen-bond acceptors (Lipinski definition) is 4. The van der Waals surface area contributed by atoms with E-state index < -0.39 is 11.1 Å². The molecular formula is C17H32N4O2. The number of nitrogens with zero attached hydrogens (tertiary/aromatic N) is 2. The average Bonchev–Trinajstić information content (AvgIpc) is 2.54. The van der Waals surface area contributed by atoms with Crippen LogP contribution in [-0.4, -0.2) is 22.9 Å². The zero-order chi connectivity index (χ0) is 17.3. The largest absolute Gasteiger partial charge is 0.340 e. The first-order chi connectivity index (χ1) is 11.0. The minimum absolute atomic E-state index is 0.0898. The maximum absolute atomic E-state index is 12.7. The molecule has 2 unspecified atom stereocenters. The predicted octanol–water partition coefficient (Wildman–Crippen LogP) is 3.67. The van der Waals surface area contributed by atoms with Gasteiger partial charge < -0.3 is 5.32 Å². The highest BCUT2D eigenvalue weighted by Crippen LogP contribution is 2.40. The van der Waals surface area contributed by atoms with Crippen molar-refractivity contribution in [1.29, 1.82) is 0 Å². The van der Waals surface area contributed by atoms with Gasteiger partial charge in [-0.1, -0.05) is 58.6 Å². The molecule has 1 heterocycles. The van der Waals surface area contributed by atoms with Gasteiger partial charge in [-0.25, -0.2) is 5.43 Å². The van der Waals surface area contributed by atoms with E-state index in [9.17, 15) is 9.59 Å². The summed E-state index contributed by atoms with van der Waals surface area (Å²) < 4.78 is 0. The van der Waals surface area contributed by atoms with Crippen molar-refractivity contribution in [2.45, 2.75) is 96.6 Å². The first kappa shape index (κ1) is 19.6. The molecule has 6 heteroatoms. The van der Waals surface area contributed by atoms with E-state index in [0.717, 1.165) is 32.1 Å². The molecule has 0 spiro atoms. The van der Waals surface area contributed by atoms with E-state index in [2.05, 4.69) is 28.0 Å². The quantitative estimate of drug-likeness (QED) is 0.601. The molecule has 1 rings (SSSR count). The Morgan fingerprint density at radius 2 is 1.83 bits per heavy atom. The summed E-state index contributed by atoms with van der Waals surface area (Å²) in [5, 5.41) is 11.3. The number of hydrogen-bond donors (Lipinski definition) is 2. The second-order valence-corrected chi connectivity index (χ2v) is 6.39. The molecule has 2 N–H and O–H groups in total. The van der Waals surface area contributed by atoms with E-state index in [0.29, 0.717) is 19.3 Å². The summed E-state index contributed by atoms with van der Waals surface area (Å²) in [6.07, 6.45) is 7.55. The van der Waals surface area contributed by atoms with Crippen LogP contribution < -0.4 is 10.7 Å². The molecule has 0 aromatic carbocycles. The molecule has 2 atom stereocenters. The third-order valence-electron chi connectivity index (χ3n) is 4.96. The van der Waals surface area contributed by atoms with Gasteiger partial charge >= 0.3 is 0 Å². The van der Waals surface area contributed by atoms with Crippen LogP contribution in [0.25, 0.3) is 0 Å². The standard InChI is InChI=1S/C17H32N4O2/c1-5-9-10-11-13-16(7-3)17(8-4,15(23)19-21-20-16)18-14(22)12-6-2/h5-13H2,1-4H3,(H,18,22)(H,19,20,23). The van der Waals surface area contributed by atoms with Gasteiger partial charge in [0.15, 0.2) is 0 Å². The van der Waals surface area contributed by atoms with Gasteiger partial charge in [0.2, 0.25) is 5.91 Å². The van der Waals surface area contributed by atoms with Gasteiger partial charge in [0.1, 0.15) is 11.1 Å². The molecule has 0 radical (unpaired) electrons. The number of carbonyl (C=O) groups excluding carboxylic acids is 2. The van der Waals surface area contributed by atoms with Crippen molar-refractivity contribution >= 4 is 11.8 Å². The van der Waals surface area contributed by atoms with Crippen molar-refractivity contribution in [3.05, 3.63) is 0 Å². The van der Waals surface area contributed by atoms with Crippen molar-refractivity contribution in [2.75, 3.05) is 0 Å². The van der Waals surface area contributed by atoms with Crippen molar-refractivity contribution in [2.24, 2.45) is 10.3 Å². The van der Waals surface area contributed by atoms with E-state index in [4.69, 9.17) is 0 Å². The van der Waals surface area contributed by atoms with Gasteiger partial charge in [-0.2, -0.15) is 5.11 Å². The maximum atomic E-state index is 12.7. The lowest BCUT2D eigenvalue weighted by Crippen LogP contribution is -2.71. The molecule has 0 aliphatic carbocycles. The van der Waals surface area contributed by atoms with Crippen LogP contribution in [0.2, 0.25) is 0 Å². The fraction of sp³-hybridized carbons (Fsp3) is 0.882. The zero-order valence-corrected chi connectivity index (χ0v) is 15.1. The Balaban J connectivity index is 3.09. The first-order valence-corrected chi connectivity index (χ1v) is 9.05. The smallest absolute Gasteiger partial charge is 0.269 e. The summed E-state index contributed by atoms with van der Waals surface area (Å²) in [7, 11) is 0. The third kappa shape index (κ3) is 4.09. The Morgan fingerprint density at radius 3 is 2.39 bits per heavy atom. The van der Waals surface area contributed by atoms with Gasteiger partial charge in [0, 0.05) is 6.42 Å². The highest BCUT2D eigenvalue weighted by Gasteiger charge is 2.57. The van der Waals surface area contributed by atoms with Crippen LogP contribution in [-0.2, 0) is 9.59 Å². The second-order valence-electron chi connectivity index (χ2n) is 6.39. The summed E-state index contributed by atoms with van der Waals surface area (Å²) in [5.41, 5.74) is 0.817. The minimum Gasteiger partial charge on any atom is -0.340 e. The van der Waals surface area contributed by atoms with E-state index in [-0.39, 0.29) is 11.8 Å². The lowest BCUT2D eigenvalue weighted by atomic mass is 9.69. The first-order valence-electron chi connectivity index (χ1n) is 9.05. The van der Waals surface area contributed by atoms with Gasteiger partial charge in [-0.3, -0.25) is 9.59 Å². The van der Waals surface area contributed by atoms with Crippen molar-refractivity contribution in [3.8, 4) is 0 Å². The fourth-order valence-corrected chi connectivity index (χ4v) is 3.49. The predicted molar refractivity (Wildman–Crippen MR) is 90.9 cm³/mol. The van der Waals surface area contributed by atoms with E-state index >= 15 is 0 Å². The summed E-state index contributed by atoms with van der Waals surface area (Å²) in [6.45, 7) is 8.08. The Hall–Kier alpha value is -1.46. The Morgan fingerprint density at radius 1 is 1.09 bits per heavy atom. The van der Waals surface area contributed by atoms with Crippen LogP contribution in [0.15, 0.2) is 10.3 Å². The SMILES string of the molecule is CCCCCCC1(CC)N=NNC(=O)C1(CC)NC(=O)CCC. The Bertz CT molecular complexity index is 438. The third-order valence-corrected chi connectivity index (χ3v) is 4.96. The average molecular weight is 324 g/mol. The number of unbranched alkanes of at least 4 members (excludes halogenated alkanes) is 3. The van der Waals surface area contributed by atoms with Crippen molar-refractivity contribution < 1.29 is 9.59 Å². The van der Waals surface area contributed by atoms with Gasteiger partial charge in [-0.05, 0) is 25.7 Å². The fourth-order valence-electron chi connectivity index (χ4n) is 3.49. The van der Waals surface area contributed by atoms with Gasteiger partial charge in [0.05, 0.1) is 0 Å². The molecule has 0 saturated heterocycles. The van der Waals surface area contributed by atoms with Crippen LogP contribution in [0.4, 0.5) is 0 Å². The van der Waals surface area contributed by atoms with E-state index in [1.807, 2.05) is 20.8 Å². The van der Waals surface area contributed by atoms with Crippen LogP contribution >= 0.6 is 0 Å². The highest BCUT2D eigenvalue weighted by molar-refractivity contribution is 5.93. The van der Waals surface area contributed by atoms with Gasteiger partial charge in [0.25, 0.3) is 5.91 Å². The van der Waals surface area contributed by atoms with Gasteiger partial charge in [-0.15, -0.1) is 0 Å². The summed E-state index contributed by atoms with van der Waals surface area (Å²) in [4.78, 5) is 24.9. The molecule has 0 fully saturated rings. The monoisotopic (exact) mass is 324 g/mol. The number of rotatable bonds is 10. The molecule has 2 amide bonds. The number of amides is 2. The van der Waals surface area contributed by atoms with Crippen LogP contribution in [0.1, 0.15) is 85.5 Å². The minimum atomic E-state index is -0.998. The van der Waals surface area contributed by atoms with Crippen LogP contribution in [0.3, 0.4) is 0 Å². The lowest BCUT2D eigenvalue weighted by Gasteiger charge is -2.47. The Kier molecular flexibility index (Phi) is 7.65. The van der Waals surface area contributed by atoms with E-state index in [1.165, 1.54) is 6.42 Å². The molecule has 0 bridgehead atoms.